The smallest absolute Gasteiger partial charge is 0.258 e. The first-order chi connectivity index (χ1) is 14.6. The highest BCUT2D eigenvalue weighted by molar-refractivity contribution is 6.00. The number of amides is 1. The van der Waals surface area contributed by atoms with Gasteiger partial charge >= 0.3 is 0 Å². The van der Waals surface area contributed by atoms with E-state index in [0.717, 1.165) is 29.7 Å². The van der Waals surface area contributed by atoms with Gasteiger partial charge in [0.1, 0.15) is 0 Å². The zero-order valence-corrected chi connectivity index (χ0v) is 17.5. The summed E-state index contributed by atoms with van der Waals surface area (Å²) in [6, 6.07) is 9.27. The number of carbonyl (C=O) groups is 1. The number of fused-ring (bicyclic) bond motifs is 2. The van der Waals surface area contributed by atoms with E-state index in [0.29, 0.717) is 61.5 Å². The Hall–Kier alpha value is -3.15. The van der Waals surface area contributed by atoms with Gasteiger partial charge in [-0.2, -0.15) is 0 Å². The SMILES string of the molecule is C=C1c2cc3c(cc2CCN1C(=O)c1ccc(OCC)c(OCC)c1)OCCCO3. The second-order valence-corrected chi connectivity index (χ2v) is 7.19. The monoisotopic (exact) mass is 409 g/mol. The minimum atomic E-state index is -0.109. The molecule has 0 aromatic heterocycles. The summed E-state index contributed by atoms with van der Waals surface area (Å²) in [4.78, 5) is 15.0. The van der Waals surface area contributed by atoms with Gasteiger partial charge in [-0.1, -0.05) is 6.58 Å². The van der Waals surface area contributed by atoms with Crippen LogP contribution in [0.4, 0.5) is 0 Å². The fraction of sp³-hybridized carbons (Fsp3) is 0.375. The number of carbonyl (C=O) groups excluding carboxylic acids is 1. The maximum Gasteiger partial charge on any atom is 0.258 e. The summed E-state index contributed by atoms with van der Waals surface area (Å²) >= 11 is 0. The lowest BCUT2D eigenvalue weighted by Crippen LogP contribution is -2.34. The largest absolute Gasteiger partial charge is 0.490 e. The third-order valence-electron chi connectivity index (χ3n) is 5.25. The van der Waals surface area contributed by atoms with Gasteiger partial charge in [-0.3, -0.25) is 4.79 Å². The second kappa shape index (κ2) is 8.69. The van der Waals surface area contributed by atoms with Crippen molar-refractivity contribution < 1.29 is 23.7 Å². The molecule has 0 N–H and O–H groups in total. The molecule has 0 bridgehead atoms. The van der Waals surface area contributed by atoms with Crippen LogP contribution in [0.1, 0.15) is 41.8 Å². The summed E-state index contributed by atoms with van der Waals surface area (Å²) in [5.74, 6) is 2.58. The number of nitrogens with zero attached hydrogens (tertiary/aromatic N) is 1. The lowest BCUT2D eigenvalue weighted by Gasteiger charge is -2.31. The van der Waals surface area contributed by atoms with E-state index in [1.165, 1.54) is 0 Å². The van der Waals surface area contributed by atoms with E-state index < -0.39 is 0 Å². The fourth-order valence-corrected chi connectivity index (χ4v) is 3.80. The first kappa shape index (κ1) is 20.1. The Balaban J connectivity index is 1.61. The molecule has 2 aromatic rings. The Morgan fingerprint density at radius 3 is 2.47 bits per heavy atom. The third kappa shape index (κ3) is 3.82. The van der Waals surface area contributed by atoms with E-state index in [2.05, 4.69) is 6.58 Å². The molecule has 2 aromatic carbocycles. The molecule has 0 aliphatic carbocycles. The molecule has 0 unspecified atom stereocenters. The van der Waals surface area contributed by atoms with Crippen LogP contribution >= 0.6 is 0 Å². The van der Waals surface area contributed by atoms with Crippen LogP contribution in [0.3, 0.4) is 0 Å². The van der Waals surface area contributed by atoms with Crippen molar-refractivity contribution in [1.82, 2.24) is 4.90 Å². The van der Waals surface area contributed by atoms with Crippen molar-refractivity contribution in [3.8, 4) is 23.0 Å². The summed E-state index contributed by atoms with van der Waals surface area (Å²) in [6.07, 6.45) is 1.58. The van der Waals surface area contributed by atoms with Gasteiger partial charge < -0.3 is 23.8 Å². The highest BCUT2D eigenvalue weighted by Gasteiger charge is 2.28. The molecule has 0 saturated heterocycles. The Kier molecular flexibility index (Phi) is 5.84. The molecule has 1 amide bonds. The standard InChI is InChI=1S/C24H27NO5/c1-4-27-20-8-7-18(14-21(20)28-5-2)24(26)25-10-9-17-13-22-23(15-19(17)16(25)3)30-12-6-11-29-22/h7-8,13-15H,3-6,9-12H2,1-2H3. The van der Waals surface area contributed by atoms with Crippen LogP contribution in [0.5, 0.6) is 23.0 Å². The van der Waals surface area contributed by atoms with Crippen molar-refractivity contribution in [2.75, 3.05) is 33.0 Å². The molecule has 2 heterocycles. The van der Waals surface area contributed by atoms with Crippen LogP contribution in [0.2, 0.25) is 0 Å². The fourth-order valence-electron chi connectivity index (χ4n) is 3.80. The molecule has 2 aliphatic rings. The summed E-state index contributed by atoms with van der Waals surface area (Å²) in [5.41, 5.74) is 3.26. The van der Waals surface area contributed by atoms with E-state index >= 15 is 0 Å². The summed E-state index contributed by atoms with van der Waals surface area (Å²) in [6.45, 7) is 10.9. The normalized spacial score (nSPS) is 15.3. The zero-order chi connectivity index (χ0) is 21.1. The van der Waals surface area contributed by atoms with Gasteiger partial charge in [0.15, 0.2) is 23.0 Å². The number of ether oxygens (including phenoxy) is 4. The van der Waals surface area contributed by atoms with E-state index in [-0.39, 0.29) is 5.91 Å². The number of benzene rings is 2. The Morgan fingerprint density at radius 2 is 1.73 bits per heavy atom. The van der Waals surface area contributed by atoms with Crippen LogP contribution in [-0.4, -0.2) is 43.8 Å². The van der Waals surface area contributed by atoms with Crippen LogP contribution in [0.25, 0.3) is 5.70 Å². The summed E-state index contributed by atoms with van der Waals surface area (Å²) in [5, 5.41) is 0. The first-order valence-corrected chi connectivity index (χ1v) is 10.5. The van der Waals surface area contributed by atoms with Gasteiger partial charge in [0.2, 0.25) is 0 Å². The molecule has 6 heteroatoms. The lowest BCUT2D eigenvalue weighted by molar-refractivity contribution is 0.0833. The number of hydrogen-bond acceptors (Lipinski definition) is 5. The van der Waals surface area contributed by atoms with Gasteiger partial charge in [0.25, 0.3) is 5.91 Å². The van der Waals surface area contributed by atoms with Crippen molar-refractivity contribution in [2.24, 2.45) is 0 Å². The van der Waals surface area contributed by atoms with Gasteiger partial charge in [-0.05, 0) is 56.2 Å². The lowest BCUT2D eigenvalue weighted by atomic mass is 9.95. The predicted octanol–water partition coefficient (Wildman–Crippen LogP) is 4.31. The van der Waals surface area contributed by atoms with Crippen molar-refractivity contribution in [2.45, 2.75) is 26.7 Å². The molecule has 0 radical (unpaired) electrons. The van der Waals surface area contributed by atoms with Gasteiger partial charge in [0.05, 0.1) is 26.4 Å². The van der Waals surface area contributed by atoms with Crippen LogP contribution < -0.4 is 18.9 Å². The van der Waals surface area contributed by atoms with Crippen molar-refractivity contribution in [1.29, 1.82) is 0 Å². The molecule has 6 nitrogen and oxygen atoms in total. The average molecular weight is 409 g/mol. The maximum atomic E-state index is 13.3. The van der Waals surface area contributed by atoms with E-state index in [9.17, 15) is 4.79 Å². The third-order valence-corrected chi connectivity index (χ3v) is 5.25. The average Bonchev–Trinajstić information content (AvgIpc) is 2.99. The minimum absolute atomic E-state index is 0.109. The molecule has 0 atom stereocenters. The highest BCUT2D eigenvalue weighted by atomic mass is 16.5. The van der Waals surface area contributed by atoms with Crippen LogP contribution in [0.15, 0.2) is 36.9 Å². The van der Waals surface area contributed by atoms with Gasteiger partial charge in [-0.25, -0.2) is 0 Å². The summed E-state index contributed by atoms with van der Waals surface area (Å²) < 4.78 is 22.9. The Labute approximate surface area is 177 Å². The van der Waals surface area contributed by atoms with Crippen molar-refractivity contribution in [3.63, 3.8) is 0 Å². The van der Waals surface area contributed by atoms with E-state index in [4.69, 9.17) is 18.9 Å². The Bertz CT molecular complexity index is 968. The predicted molar refractivity (Wildman–Crippen MR) is 115 cm³/mol. The molecule has 0 saturated carbocycles. The molecule has 0 fully saturated rings. The van der Waals surface area contributed by atoms with Crippen LogP contribution in [-0.2, 0) is 6.42 Å². The van der Waals surface area contributed by atoms with Crippen molar-refractivity contribution in [3.05, 3.63) is 53.6 Å². The molecule has 2 aliphatic heterocycles. The second-order valence-electron chi connectivity index (χ2n) is 7.19. The molecular weight excluding hydrogens is 382 g/mol. The minimum Gasteiger partial charge on any atom is -0.490 e. The molecule has 30 heavy (non-hydrogen) atoms. The van der Waals surface area contributed by atoms with Gasteiger partial charge in [-0.15, -0.1) is 0 Å². The van der Waals surface area contributed by atoms with E-state index in [1.807, 2.05) is 26.0 Å². The first-order valence-electron chi connectivity index (χ1n) is 10.5. The topological polar surface area (TPSA) is 57.2 Å². The quantitative estimate of drug-likeness (QED) is 0.736. The number of rotatable bonds is 5. The maximum absolute atomic E-state index is 13.3. The highest BCUT2D eigenvalue weighted by Crippen LogP contribution is 2.39. The summed E-state index contributed by atoms with van der Waals surface area (Å²) in [7, 11) is 0. The Morgan fingerprint density at radius 1 is 1.03 bits per heavy atom. The molecular formula is C24H27NO5. The van der Waals surface area contributed by atoms with Crippen molar-refractivity contribution >= 4 is 11.6 Å². The van der Waals surface area contributed by atoms with E-state index in [1.54, 1.807) is 23.1 Å². The van der Waals surface area contributed by atoms with Crippen LogP contribution in [0, 0.1) is 0 Å². The zero-order valence-electron chi connectivity index (χ0n) is 17.5. The molecule has 4 rings (SSSR count). The molecule has 0 spiro atoms. The number of hydrogen-bond donors (Lipinski definition) is 0. The molecule has 158 valence electrons. The van der Waals surface area contributed by atoms with Gasteiger partial charge in [0, 0.05) is 29.8 Å².